The van der Waals surface area contributed by atoms with Crippen LogP contribution in [0.1, 0.15) is 36.1 Å². The Morgan fingerprint density at radius 1 is 0.731 bits per heavy atom. The summed E-state index contributed by atoms with van der Waals surface area (Å²) in [5.41, 5.74) is 23.0. The van der Waals surface area contributed by atoms with E-state index in [0.717, 1.165) is 22.3 Å². The second-order valence-electron chi connectivity index (χ2n) is 5.69. The van der Waals surface area contributed by atoms with Crippen molar-refractivity contribution in [3.8, 4) is 0 Å². The summed E-state index contributed by atoms with van der Waals surface area (Å²) in [6.07, 6.45) is 0. The first-order valence-electron chi connectivity index (χ1n) is 7.88. The molecule has 0 aliphatic heterocycles. The van der Waals surface area contributed by atoms with Crippen LogP contribution in [0, 0.1) is 13.8 Å². The molecule has 0 aliphatic rings. The highest BCUT2D eigenvalue weighted by Gasteiger charge is 2.09. The van der Waals surface area contributed by atoms with Crippen molar-refractivity contribution in [2.45, 2.75) is 27.7 Å². The number of aryl methyl sites for hydroxylation is 2. The summed E-state index contributed by atoms with van der Waals surface area (Å²) in [6.45, 7) is 7.33. The van der Waals surface area contributed by atoms with Crippen molar-refractivity contribution in [2.75, 3.05) is 0 Å². The van der Waals surface area contributed by atoms with Gasteiger partial charge in [-0.15, -0.1) is 0 Å². The molecule has 2 rings (SSSR count). The van der Waals surface area contributed by atoms with E-state index in [0.29, 0.717) is 22.8 Å². The number of benzene rings is 2. The lowest BCUT2D eigenvalue weighted by atomic mass is 10.0. The molecule has 0 atom stereocenters. The average Bonchev–Trinajstić information content (AvgIpc) is 2.63. The molecule has 0 spiro atoms. The van der Waals surface area contributed by atoms with Gasteiger partial charge in [0.25, 0.3) is 0 Å². The standard InChI is InChI=1S/C18H18N8/c1-11-7-5-9-15(17(11)23-25-19)13(3)21-22-14(4)16-10-6-8-12(2)18(16)24-26-20/h5-10H,1-4H3/b21-13+,22-14+. The molecule has 0 amide bonds. The largest absolute Gasteiger partial charge is 0.155 e. The SMILES string of the molecule is C/C(=N\N=C(/C)c1cccc(C)c1N=[N+]=[N-])c1cccc(C)c1N=[N+]=[N-]. The minimum absolute atomic E-state index is 0.537. The second-order valence-corrected chi connectivity index (χ2v) is 5.69. The van der Waals surface area contributed by atoms with Gasteiger partial charge < -0.3 is 0 Å². The first-order valence-corrected chi connectivity index (χ1v) is 7.88. The van der Waals surface area contributed by atoms with Gasteiger partial charge in [0.1, 0.15) is 0 Å². The zero-order valence-electron chi connectivity index (χ0n) is 15.0. The van der Waals surface area contributed by atoms with Gasteiger partial charge in [0.2, 0.25) is 0 Å². The Labute approximate surface area is 151 Å². The molecule has 130 valence electrons. The van der Waals surface area contributed by atoms with E-state index in [-0.39, 0.29) is 0 Å². The normalized spacial score (nSPS) is 11.5. The van der Waals surface area contributed by atoms with E-state index in [9.17, 15) is 0 Å². The minimum Gasteiger partial charge on any atom is -0.155 e. The molecular formula is C18H18N8. The average molecular weight is 346 g/mol. The molecule has 2 aromatic rings. The zero-order valence-corrected chi connectivity index (χ0v) is 15.0. The third-order valence-corrected chi connectivity index (χ3v) is 3.89. The molecule has 0 heterocycles. The lowest BCUT2D eigenvalue weighted by molar-refractivity contribution is 1.21. The third-order valence-electron chi connectivity index (χ3n) is 3.89. The highest BCUT2D eigenvalue weighted by atomic mass is 15.2. The van der Waals surface area contributed by atoms with E-state index in [4.69, 9.17) is 11.1 Å². The maximum absolute atomic E-state index is 8.78. The van der Waals surface area contributed by atoms with Crippen molar-refractivity contribution in [2.24, 2.45) is 20.4 Å². The molecule has 0 aromatic heterocycles. The quantitative estimate of drug-likeness (QED) is 0.195. The lowest BCUT2D eigenvalue weighted by Crippen LogP contribution is -1.99. The van der Waals surface area contributed by atoms with Crippen LogP contribution in [0.15, 0.2) is 56.8 Å². The smallest absolute Gasteiger partial charge is 0.0676 e. The maximum atomic E-state index is 8.78. The molecule has 0 aliphatic carbocycles. The summed E-state index contributed by atoms with van der Waals surface area (Å²) in [5.74, 6) is 0. The molecule has 0 saturated heterocycles. The molecule has 0 radical (unpaired) electrons. The van der Waals surface area contributed by atoms with Crippen molar-refractivity contribution in [3.05, 3.63) is 79.5 Å². The van der Waals surface area contributed by atoms with Crippen LogP contribution in [0.3, 0.4) is 0 Å². The van der Waals surface area contributed by atoms with E-state index in [1.54, 1.807) is 13.8 Å². The highest BCUT2D eigenvalue weighted by molar-refractivity contribution is 6.06. The van der Waals surface area contributed by atoms with Crippen LogP contribution in [-0.2, 0) is 0 Å². The van der Waals surface area contributed by atoms with Crippen molar-refractivity contribution in [1.29, 1.82) is 0 Å². The molecule has 8 nitrogen and oxygen atoms in total. The number of hydrogen-bond acceptors (Lipinski definition) is 4. The summed E-state index contributed by atoms with van der Waals surface area (Å²) in [4.78, 5) is 5.76. The van der Waals surface area contributed by atoms with Gasteiger partial charge in [-0.25, -0.2) is 0 Å². The van der Waals surface area contributed by atoms with Crippen LogP contribution in [0.25, 0.3) is 20.9 Å². The lowest BCUT2D eigenvalue weighted by Gasteiger charge is -2.08. The summed E-state index contributed by atoms with van der Waals surface area (Å²) in [6, 6.07) is 11.1. The van der Waals surface area contributed by atoms with E-state index < -0.39 is 0 Å². The molecule has 0 bridgehead atoms. The summed E-state index contributed by atoms with van der Waals surface area (Å²) in [7, 11) is 0. The first-order chi connectivity index (χ1) is 12.5. The topological polar surface area (TPSA) is 122 Å². The van der Waals surface area contributed by atoms with Crippen LogP contribution in [-0.4, -0.2) is 11.4 Å². The first kappa shape index (κ1) is 18.7. The fourth-order valence-corrected chi connectivity index (χ4v) is 2.51. The van der Waals surface area contributed by atoms with Gasteiger partial charge in [0.05, 0.1) is 11.4 Å². The fourth-order valence-electron chi connectivity index (χ4n) is 2.51. The number of azide groups is 2. The number of nitrogens with zero attached hydrogens (tertiary/aromatic N) is 8. The van der Waals surface area contributed by atoms with E-state index in [2.05, 4.69) is 30.3 Å². The molecule has 0 saturated carbocycles. The molecule has 26 heavy (non-hydrogen) atoms. The van der Waals surface area contributed by atoms with Gasteiger partial charge in [-0.05, 0) is 49.9 Å². The Morgan fingerprint density at radius 3 is 1.46 bits per heavy atom. The Balaban J connectivity index is 2.49. The molecule has 0 fully saturated rings. The summed E-state index contributed by atoms with van der Waals surface area (Å²) in [5, 5.41) is 16.1. The Bertz CT molecular complexity index is 909. The fraction of sp³-hybridized carbons (Fsp3) is 0.222. The Morgan fingerprint density at radius 2 is 1.12 bits per heavy atom. The van der Waals surface area contributed by atoms with Gasteiger partial charge in [-0.1, -0.05) is 46.6 Å². The van der Waals surface area contributed by atoms with Gasteiger partial charge in [-0.3, -0.25) is 0 Å². The van der Waals surface area contributed by atoms with Crippen molar-refractivity contribution in [3.63, 3.8) is 0 Å². The van der Waals surface area contributed by atoms with Gasteiger partial charge in [-0.2, -0.15) is 10.2 Å². The van der Waals surface area contributed by atoms with Crippen molar-refractivity contribution < 1.29 is 0 Å². The Kier molecular flexibility index (Phi) is 6.11. The maximum Gasteiger partial charge on any atom is 0.0676 e. The number of hydrogen-bond donors (Lipinski definition) is 0. The van der Waals surface area contributed by atoms with Gasteiger partial charge in [0.15, 0.2) is 0 Å². The van der Waals surface area contributed by atoms with E-state index in [1.165, 1.54) is 0 Å². The van der Waals surface area contributed by atoms with Crippen LogP contribution in [0.2, 0.25) is 0 Å². The molecule has 2 aromatic carbocycles. The molecule has 8 heteroatoms. The minimum atomic E-state index is 0.537. The van der Waals surface area contributed by atoms with Crippen molar-refractivity contribution in [1.82, 2.24) is 0 Å². The summed E-state index contributed by atoms with van der Waals surface area (Å²) >= 11 is 0. The van der Waals surface area contributed by atoms with E-state index in [1.807, 2.05) is 50.2 Å². The Hall–Kier alpha value is -3.60. The summed E-state index contributed by atoms with van der Waals surface area (Å²) < 4.78 is 0. The van der Waals surface area contributed by atoms with Crippen molar-refractivity contribution >= 4 is 22.8 Å². The second kappa shape index (κ2) is 8.48. The van der Waals surface area contributed by atoms with E-state index >= 15 is 0 Å². The predicted octanol–water partition coefficient (Wildman–Crippen LogP) is 6.42. The number of rotatable bonds is 5. The predicted molar refractivity (Wildman–Crippen MR) is 104 cm³/mol. The van der Waals surface area contributed by atoms with Crippen LogP contribution in [0.4, 0.5) is 11.4 Å². The van der Waals surface area contributed by atoms with Crippen LogP contribution >= 0.6 is 0 Å². The third kappa shape index (κ3) is 4.08. The highest BCUT2D eigenvalue weighted by Crippen LogP contribution is 2.26. The monoisotopic (exact) mass is 346 g/mol. The molecule has 0 unspecified atom stereocenters. The van der Waals surface area contributed by atoms with Gasteiger partial charge in [0, 0.05) is 32.3 Å². The molecular weight excluding hydrogens is 328 g/mol. The van der Waals surface area contributed by atoms with Crippen LogP contribution < -0.4 is 0 Å². The molecule has 0 N–H and O–H groups in total. The van der Waals surface area contributed by atoms with Crippen LogP contribution in [0.5, 0.6) is 0 Å². The van der Waals surface area contributed by atoms with Gasteiger partial charge >= 0.3 is 0 Å². The zero-order chi connectivity index (χ0) is 19.1.